The maximum Gasteiger partial charge on any atom is 0.311 e. The molecule has 3 aliphatic rings. The number of terminal acetylenes is 1. The second-order valence-electron chi connectivity index (χ2n) is 8.30. The van der Waals surface area contributed by atoms with E-state index in [9.17, 15) is 9.90 Å². The summed E-state index contributed by atoms with van der Waals surface area (Å²) in [6.45, 7) is 4.42. The van der Waals surface area contributed by atoms with Crippen LogP contribution in [0.1, 0.15) is 38.5 Å². The molecule has 27 heavy (non-hydrogen) atoms. The van der Waals surface area contributed by atoms with Gasteiger partial charge >= 0.3 is 5.97 Å². The maximum absolute atomic E-state index is 12.3. The highest BCUT2D eigenvalue weighted by Gasteiger charge is 2.57. The summed E-state index contributed by atoms with van der Waals surface area (Å²) in [5.74, 6) is 1.87. The van der Waals surface area contributed by atoms with Gasteiger partial charge in [0.2, 0.25) is 0 Å². The van der Waals surface area contributed by atoms with E-state index < -0.39 is 17.7 Å². The van der Waals surface area contributed by atoms with Crippen molar-refractivity contribution in [2.45, 2.75) is 39.1 Å². The quantitative estimate of drug-likeness (QED) is 0.634. The van der Waals surface area contributed by atoms with Gasteiger partial charge in [-0.05, 0) is 32.6 Å². The van der Waals surface area contributed by atoms with Crippen LogP contribution in [-0.2, 0) is 14.3 Å². The number of hydrogen-bond acceptors (Lipinski definition) is 3. The fourth-order valence-corrected chi connectivity index (χ4v) is 5.44. The van der Waals surface area contributed by atoms with Crippen molar-refractivity contribution in [2.24, 2.45) is 29.1 Å². The van der Waals surface area contributed by atoms with Crippen LogP contribution in [0.5, 0.6) is 0 Å². The van der Waals surface area contributed by atoms with E-state index in [-0.39, 0.29) is 29.8 Å². The first-order chi connectivity index (χ1) is 13.0. The number of aliphatic carboxylic acids is 1. The Labute approximate surface area is 160 Å². The molecule has 1 saturated heterocycles. The van der Waals surface area contributed by atoms with E-state index in [0.717, 1.165) is 24.0 Å². The molecule has 1 aromatic rings. The van der Waals surface area contributed by atoms with Gasteiger partial charge in [-0.25, -0.2) is 0 Å². The lowest BCUT2D eigenvalue weighted by Crippen LogP contribution is -2.56. The Balaban J connectivity index is 1.69. The monoisotopic (exact) mass is 366 g/mol. The third kappa shape index (κ3) is 2.81. The number of allylic oxidation sites excluding steroid dienone is 1. The third-order valence-corrected chi connectivity index (χ3v) is 6.88. The first kappa shape index (κ1) is 18.3. The molecule has 1 aromatic carbocycles. The molecule has 0 radical (unpaired) electrons. The Hall–Kier alpha value is -2.09. The second kappa shape index (κ2) is 6.82. The Morgan fingerprint density at radius 2 is 2.04 bits per heavy atom. The number of fused-ring (bicyclic) bond motifs is 3. The van der Waals surface area contributed by atoms with E-state index in [1.807, 2.05) is 44.2 Å². The molecule has 0 bridgehead atoms. The first-order valence-electron chi connectivity index (χ1n) is 9.66. The highest BCUT2D eigenvalue weighted by Crippen LogP contribution is 2.56. The second-order valence-corrected chi connectivity index (χ2v) is 8.30. The smallest absolute Gasteiger partial charge is 0.311 e. The summed E-state index contributed by atoms with van der Waals surface area (Å²) in [4.78, 5) is 12.3. The minimum atomic E-state index is -0.965. The van der Waals surface area contributed by atoms with Crippen LogP contribution < -0.4 is 0 Å². The molecule has 0 spiro atoms. The van der Waals surface area contributed by atoms with E-state index >= 15 is 0 Å². The van der Waals surface area contributed by atoms with E-state index in [1.165, 1.54) is 0 Å². The molecular formula is C23H26O4. The summed E-state index contributed by atoms with van der Waals surface area (Å²) < 4.78 is 12.4. The van der Waals surface area contributed by atoms with E-state index in [0.29, 0.717) is 6.61 Å². The number of benzene rings is 1. The van der Waals surface area contributed by atoms with Crippen LogP contribution in [-0.4, -0.2) is 23.8 Å². The molecule has 0 amide bonds. The molecule has 1 saturated carbocycles. The SMILES string of the molecule is C#C[C@H]1C(C)=C[C@H]2[C@@H]3O[C@H](c4ccccc4)OC[C@H]3CC[C@@H]2[C@@]1(C)C(=O)O. The molecule has 2 aliphatic carbocycles. The number of hydrogen-bond donors (Lipinski definition) is 1. The average Bonchev–Trinajstić information content (AvgIpc) is 2.68. The molecular weight excluding hydrogens is 340 g/mol. The van der Waals surface area contributed by atoms with Crippen molar-refractivity contribution >= 4 is 5.97 Å². The van der Waals surface area contributed by atoms with Gasteiger partial charge < -0.3 is 14.6 Å². The normalized spacial score (nSPS) is 40.9. The summed E-state index contributed by atoms with van der Waals surface area (Å²) in [7, 11) is 0. The maximum atomic E-state index is 12.3. The largest absolute Gasteiger partial charge is 0.481 e. The van der Waals surface area contributed by atoms with Gasteiger partial charge in [-0.2, -0.15) is 0 Å². The van der Waals surface area contributed by atoms with Crippen molar-refractivity contribution < 1.29 is 19.4 Å². The van der Waals surface area contributed by atoms with Crippen LogP contribution in [0, 0.1) is 41.4 Å². The molecule has 2 fully saturated rings. The van der Waals surface area contributed by atoms with Crippen molar-refractivity contribution in [2.75, 3.05) is 6.61 Å². The fraction of sp³-hybridized carbons (Fsp3) is 0.522. The van der Waals surface area contributed by atoms with E-state index in [1.54, 1.807) is 0 Å². The highest BCUT2D eigenvalue weighted by atomic mass is 16.7. The fourth-order valence-electron chi connectivity index (χ4n) is 5.44. The summed E-state index contributed by atoms with van der Waals surface area (Å²) in [5.41, 5.74) is 1.00. The van der Waals surface area contributed by atoms with Crippen LogP contribution in [0.4, 0.5) is 0 Å². The van der Waals surface area contributed by atoms with Crippen LogP contribution in [0.25, 0.3) is 0 Å². The van der Waals surface area contributed by atoms with E-state index in [2.05, 4.69) is 12.0 Å². The van der Waals surface area contributed by atoms with Crippen LogP contribution >= 0.6 is 0 Å². The molecule has 0 unspecified atom stereocenters. The standard InChI is InChI=1S/C23H26O4/c1-4-18-14(2)12-17-19(23(18,3)22(24)25)11-10-16-13-26-21(27-20(16)17)15-8-6-5-7-9-15/h1,5-9,12,16-21H,10-11,13H2,2-3H3,(H,24,25)/t16-,17-,18+,19+,20-,21-,23+/m1/s1. The molecule has 1 aliphatic heterocycles. The molecule has 142 valence electrons. The lowest BCUT2D eigenvalue weighted by molar-refractivity contribution is -0.267. The van der Waals surface area contributed by atoms with Crippen molar-refractivity contribution in [1.82, 2.24) is 0 Å². The van der Waals surface area contributed by atoms with Crippen molar-refractivity contribution in [1.29, 1.82) is 0 Å². The highest BCUT2D eigenvalue weighted by molar-refractivity contribution is 5.77. The van der Waals surface area contributed by atoms with Gasteiger partial charge in [-0.15, -0.1) is 6.42 Å². The zero-order valence-electron chi connectivity index (χ0n) is 15.8. The lowest BCUT2D eigenvalue weighted by atomic mass is 9.52. The minimum absolute atomic E-state index is 0.0319. The van der Waals surface area contributed by atoms with E-state index in [4.69, 9.17) is 15.9 Å². The van der Waals surface area contributed by atoms with Gasteiger partial charge in [0.1, 0.15) is 0 Å². The molecule has 1 heterocycles. The number of carboxylic acids is 1. The minimum Gasteiger partial charge on any atom is -0.481 e. The molecule has 4 rings (SSSR count). The van der Waals surface area contributed by atoms with Gasteiger partial charge in [-0.1, -0.05) is 47.9 Å². The van der Waals surface area contributed by atoms with Crippen LogP contribution in [0.15, 0.2) is 42.0 Å². The zero-order chi connectivity index (χ0) is 19.2. The zero-order valence-corrected chi connectivity index (χ0v) is 15.8. The summed E-state index contributed by atoms with van der Waals surface area (Å²) >= 11 is 0. The molecule has 0 aromatic heterocycles. The van der Waals surface area contributed by atoms with Crippen molar-refractivity contribution in [3.63, 3.8) is 0 Å². The predicted molar refractivity (Wildman–Crippen MR) is 102 cm³/mol. The summed E-state index contributed by atoms with van der Waals surface area (Å²) in [6.07, 6.45) is 9.23. The number of carbonyl (C=O) groups is 1. The summed E-state index contributed by atoms with van der Waals surface area (Å²) in [5, 5.41) is 10.1. The third-order valence-electron chi connectivity index (χ3n) is 6.88. The Kier molecular flexibility index (Phi) is 4.61. The Morgan fingerprint density at radius 1 is 1.30 bits per heavy atom. The van der Waals surface area contributed by atoms with Gasteiger partial charge in [0, 0.05) is 17.4 Å². The average molecular weight is 366 g/mol. The number of ether oxygens (including phenoxy) is 2. The predicted octanol–water partition coefficient (Wildman–Crippen LogP) is 4.04. The Morgan fingerprint density at radius 3 is 2.70 bits per heavy atom. The Bertz CT molecular complexity index is 792. The van der Waals surface area contributed by atoms with Crippen molar-refractivity contribution in [3.05, 3.63) is 47.5 Å². The molecule has 4 nitrogen and oxygen atoms in total. The van der Waals surface area contributed by atoms with Gasteiger partial charge in [0.25, 0.3) is 0 Å². The number of carboxylic acid groups (broad SMARTS) is 1. The van der Waals surface area contributed by atoms with Crippen LogP contribution in [0.2, 0.25) is 0 Å². The topological polar surface area (TPSA) is 55.8 Å². The molecule has 7 atom stereocenters. The number of rotatable bonds is 2. The van der Waals surface area contributed by atoms with Crippen LogP contribution in [0.3, 0.4) is 0 Å². The lowest BCUT2D eigenvalue weighted by Gasteiger charge is -2.54. The molecule has 4 heteroatoms. The summed E-state index contributed by atoms with van der Waals surface area (Å²) in [6, 6.07) is 9.92. The van der Waals surface area contributed by atoms with Gasteiger partial charge in [0.05, 0.1) is 24.0 Å². The first-order valence-corrected chi connectivity index (χ1v) is 9.66. The van der Waals surface area contributed by atoms with Gasteiger partial charge in [0.15, 0.2) is 6.29 Å². The molecule has 1 N–H and O–H groups in total. The van der Waals surface area contributed by atoms with Crippen molar-refractivity contribution in [3.8, 4) is 12.3 Å². The van der Waals surface area contributed by atoms with Gasteiger partial charge in [-0.3, -0.25) is 4.79 Å².